The topological polar surface area (TPSA) is 139 Å². The van der Waals surface area contributed by atoms with Gasteiger partial charge in [0.25, 0.3) is 10.0 Å². The molecule has 220 valence electrons. The lowest BCUT2D eigenvalue weighted by Crippen LogP contribution is -2.32. The minimum Gasteiger partial charge on any atom is -0.449 e. The molecule has 0 radical (unpaired) electrons. The maximum absolute atomic E-state index is 14.2. The standard InChI is InChI=1S/C27H26ClF2N7O4S/c1-15(2)13-41-27(38)37-8-7-18(12-37)34-26-24-21(32-14-33-26)5-4-20(35-24)16-9-22(25(28)31-11-16)36-42(39,40)23-6-3-17(29)10-19(23)30/h3-6,9-11,14-15,18,36H,7-8,12-13H2,1-2H3,(H,32,33,34)/t18-/m0/s1. The van der Waals surface area contributed by atoms with E-state index >= 15 is 0 Å². The van der Waals surface area contributed by atoms with Gasteiger partial charge in [0.05, 0.1) is 23.5 Å². The number of carbonyl (C=O) groups excluding carboxylic acids is 1. The van der Waals surface area contributed by atoms with Crippen LogP contribution in [-0.2, 0) is 14.8 Å². The molecule has 1 amide bonds. The molecule has 2 N–H and O–H groups in total. The minimum absolute atomic E-state index is 0.0924. The van der Waals surface area contributed by atoms with Gasteiger partial charge < -0.3 is 15.0 Å². The molecular formula is C27H26ClF2N7O4S. The van der Waals surface area contributed by atoms with E-state index in [2.05, 4.69) is 30.0 Å². The zero-order chi connectivity index (χ0) is 30.0. The second-order valence-corrected chi connectivity index (χ2v) is 12.1. The third-order valence-electron chi connectivity index (χ3n) is 6.37. The van der Waals surface area contributed by atoms with E-state index in [0.717, 1.165) is 12.1 Å². The van der Waals surface area contributed by atoms with Gasteiger partial charge in [-0.1, -0.05) is 25.4 Å². The van der Waals surface area contributed by atoms with Crippen molar-refractivity contribution in [1.82, 2.24) is 24.8 Å². The molecule has 1 aliphatic heterocycles. The van der Waals surface area contributed by atoms with Crippen LogP contribution in [0.25, 0.3) is 22.3 Å². The van der Waals surface area contributed by atoms with E-state index in [4.69, 9.17) is 16.3 Å². The van der Waals surface area contributed by atoms with Crippen LogP contribution in [-0.4, -0.2) is 65.1 Å². The predicted molar refractivity (Wildman–Crippen MR) is 153 cm³/mol. The maximum Gasteiger partial charge on any atom is 0.409 e. The fraction of sp³-hybridized carbons (Fsp3) is 0.296. The summed E-state index contributed by atoms with van der Waals surface area (Å²) in [4.78, 5) is 30.6. The summed E-state index contributed by atoms with van der Waals surface area (Å²) >= 11 is 6.15. The van der Waals surface area contributed by atoms with Crippen LogP contribution in [0.15, 0.2) is 53.8 Å². The second kappa shape index (κ2) is 12.0. The highest BCUT2D eigenvalue weighted by Gasteiger charge is 2.28. The molecule has 1 atom stereocenters. The third kappa shape index (κ3) is 6.49. The highest BCUT2D eigenvalue weighted by Crippen LogP contribution is 2.30. The molecule has 1 saturated heterocycles. The van der Waals surface area contributed by atoms with Crippen LogP contribution in [0.4, 0.5) is 25.1 Å². The van der Waals surface area contributed by atoms with E-state index in [-0.39, 0.29) is 28.9 Å². The van der Waals surface area contributed by atoms with Crippen LogP contribution in [0.2, 0.25) is 5.15 Å². The van der Waals surface area contributed by atoms with Crippen LogP contribution in [0.3, 0.4) is 0 Å². The average molecular weight is 618 g/mol. The normalized spacial score (nSPS) is 15.3. The van der Waals surface area contributed by atoms with E-state index in [1.54, 1.807) is 17.0 Å². The number of amides is 1. The fourth-order valence-corrected chi connectivity index (χ4v) is 5.65. The first-order valence-electron chi connectivity index (χ1n) is 12.9. The van der Waals surface area contributed by atoms with Gasteiger partial charge in [0.2, 0.25) is 0 Å². The van der Waals surface area contributed by atoms with Crippen molar-refractivity contribution in [3.05, 3.63) is 65.7 Å². The van der Waals surface area contributed by atoms with Crippen molar-refractivity contribution in [3.63, 3.8) is 0 Å². The summed E-state index contributed by atoms with van der Waals surface area (Å²) < 4.78 is 60.7. The summed E-state index contributed by atoms with van der Waals surface area (Å²) in [6.07, 6.45) is 3.13. The van der Waals surface area contributed by atoms with Gasteiger partial charge in [0.1, 0.15) is 28.4 Å². The van der Waals surface area contributed by atoms with E-state index in [9.17, 15) is 22.0 Å². The van der Waals surface area contributed by atoms with Gasteiger partial charge in [0, 0.05) is 37.0 Å². The summed E-state index contributed by atoms with van der Waals surface area (Å²) in [6.45, 7) is 5.26. The smallest absolute Gasteiger partial charge is 0.409 e. The molecule has 15 heteroatoms. The van der Waals surface area contributed by atoms with Gasteiger partial charge in [-0.2, -0.15) is 0 Å². The summed E-state index contributed by atoms with van der Waals surface area (Å²) in [5.41, 5.74) is 1.67. The van der Waals surface area contributed by atoms with Crippen molar-refractivity contribution in [2.75, 3.05) is 29.7 Å². The lowest BCUT2D eigenvalue weighted by Gasteiger charge is -2.18. The summed E-state index contributed by atoms with van der Waals surface area (Å²) in [5, 5.41) is 3.15. The lowest BCUT2D eigenvalue weighted by molar-refractivity contribution is 0.0993. The molecule has 4 heterocycles. The van der Waals surface area contributed by atoms with Crippen molar-refractivity contribution in [3.8, 4) is 11.3 Å². The van der Waals surface area contributed by atoms with E-state index in [1.165, 1.54) is 18.6 Å². The van der Waals surface area contributed by atoms with E-state index in [0.29, 0.717) is 60.3 Å². The number of benzene rings is 1. The Kier molecular flexibility index (Phi) is 8.36. The SMILES string of the molecule is CC(C)COC(=O)N1CC[C@H](Nc2ncnc3ccc(-c4cnc(Cl)c(NS(=O)(=O)c5ccc(F)cc5F)c4)nc23)C1. The largest absolute Gasteiger partial charge is 0.449 e. The molecule has 0 unspecified atom stereocenters. The molecular weight excluding hydrogens is 592 g/mol. The number of halogens is 3. The number of nitrogens with zero attached hydrogens (tertiary/aromatic N) is 5. The molecule has 1 fully saturated rings. The monoisotopic (exact) mass is 617 g/mol. The molecule has 4 aromatic rings. The summed E-state index contributed by atoms with van der Waals surface area (Å²) in [5.74, 6) is -1.47. The zero-order valence-corrected chi connectivity index (χ0v) is 24.1. The Labute approximate surface area is 245 Å². The molecule has 42 heavy (non-hydrogen) atoms. The molecule has 1 aliphatic rings. The lowest BCUT2D eigenvalue weighted by atomic mass is 10.1. The Morgan fingerprint density at radius 1 is 1.17 bits per heavy atom. The quantitative estimate of drug-likeness (QED) is 0.259. The molecule has 0 bridgehead atoms. The van der Waals surface area contributed by atoms with Crippen LogP contribution in [0.1, 0.15) is 20.3 Å². The van der Waals surface area contributed by atoms with Gasteiger partial charge in [-0.05, 0) is 42.7 Å². The van der Waals surface area contributed by atoms with Crippen molar-refractivity contribution < 1.29 is 26.7 Å². The molecule has 0 spiro atoms. The fourth-order valence-electron chi connectivity index (χ4n) is 4.33. The summed E-state index contributed by atoms with van der Waals surface area (Å²) in [7, 11) is -4.46. The van der Waals surface area contributed by atoms with Crippen LogP contribution >= 0.6 is 11.6 Å². The van der Waals surface area contributed by atoms with Gasteiger partial charge in [0.15, 0.2) is 11.0 Å². The molecule has 11 nitrogen and oxygen atoms in total. The number of hydrogen-bond acceptors (Lipinski definition) is 9. The predicted octanol–water partition coefficient (Wildman–Crippen LogP) is 5.10. The Morgan fingerprint density at radius 3 is 2.74 bits per heavy atom. The number of anilines is 2. The Bertz CT molecular complexity index is 1760. The van der Waals surface area contributed by atoms with Crippen molar-refractivity contribution in [2.24, 2.45) is 5.92 Å². The van der Waals surface area contributed by atoms with Crippen molar-refractivity contribution in [2.45, 2.75) is 31.2 Å². The van der Waals surface area contributed by atoms with Crippen LogP contribution in [0, 0.1) is 17.6 Å². The number of pyridine rings is 2. The number of sulfonamides is 1. The van der Waals surface area contributed by atoms with Crippen LogP contribution in [0.5, 0.6) is 0 Å². The molecule has 0 saturated carbocycles. The first-order valence-corrected chi connectivity index (χ1v) is 14.8. The maximum atomic E-state index is 14.2. The highest BCUT2D eigenvalue weighted by molar-refractivity contribution is 7.92. The number of carbonyl (C=O) groups is 1. The van der Waals surface area contributed by atoms with Gasteiger partial charge >= 0.3 is 6.09 Å². The number of likely N-dealkylation sites (tertiary alicyclic amines) is 1. The minimum atomic E-state index is -4.46. The molecule has 0 aliphatic carbocycles. The Balaban J connectivity index is 1.38. The van der Waals surface area contributed by atoms with Crippen molar-refractivity contribution in [1.29, 1.82) is 0 Å². The second-order valence-electron chi connectivity index (χ2n) is 10.1. The number of rotatable bonds is 8. The molecule has 3 aromatic heterocycles. The number of aromatic nitrogens is 4. The Hall–Kier alpha value is -4.17. The Morgan fingerprint density at radius 2 is 1.98 bits per heavy atom. The molecule has 1 aromatic carbocycles. The number of fused-ring (bicyclic) bond motifs is 1. The van der Waals surface area contributed by atoms with Gasteiger partial charge in [-0.3, -0.25) is 4.72 Å². The van der Waals surface area contributed by atoms with Gasteiger partial charge in [-0.25, -0.2) is 41.9 Å². The van der Waals surface area contributed by atoms with Gasteiger partial charge in [-0.15, -0.1) is 0 Å². The number of nitrogens with one attached hydrogen (secondary N) is 2. The third-order valence-corrected chi connectivity index (χ3v) is 8.07. The van der Waals surface area contributed by atoms with Crippen molar-refractivity contribution >= 4 is 50.3 Å². The number of ether oxygens (including phenoxy) is 1. The summed E-state index contributed by atoms with van der Waals surface area (Å²) in [6, 6.07) is 6.82. The number of hydrogen-bond donors (Lipinski definition) is 2. The first-order chi connectivity index (χ1) is 20.0. The van der Waals surface area contributed by atoms with E-state index in [1.807, 2.05) is 13.8 Å². The van der Waals surface area contributed by atoms with Crippen LogP contribution < -0.4 is 10.0 Å². The first kappa shape index (κ1) is 29.3. The van der Waals surface area contributed by atoms with E-state index < -0.39 is 26.6 Å². The zero-order valence-electron chi connectivity index (χ0n) is 22.5. The highest BCUT2D eigenvalue weighted by atomic mass is 35.5. The molecule has 5 rings (SSSR count). The average Bonchev–Trinajstić information content (AvgIpc) is 3.41.